The van der Waals surface area contributed by atoms with E-state index in [1.807, 2.05) is 30.6 Å². The number of hydrogen-bond acceptors (Lipinski definition) is 4. The van der Waals surface area contributed by atoms with Crippen LogP contribution in [0.25, 0.3) is 0 Å². The van der Waals surface area contributed by atoms with E-state index in [1.165, 1.54) is 5.56 Å². The van der Waals surface area contributed by atoms with Crippen molar-refractivity contribution in [1.82, 2.24) is 19.8 Å². The van der Waals surface area contributed by atoms with E-state index in [9.17, 15) is 4.79 Å². The molecule has 1 amide bonds. The fourth-order valence-electron chi connectivity index (χ4n) is 3.62. The van der Waals surface area contributed by atoms with Gasteiger partial charge in [0.05, 0.1) is 6.61 Å². The first-order valence-corrected chi connectivity index (χ1v) is 8.96. The summed E-state index contributed by atoms with van der Waals surface area (Å²) in [6.07, 6.45) is 5.26. The second kappa shape index (κ2) is 7.37. The molecule has 0 radical (unpaired) electrons. The van der Waals surface area contributed by atoms with Gasteiger partial charge >= 0.3 is 0 Å². The fraction of sp³-hybridized carbons (Fsp3) is 0.474. The summed E-state index contributed by atoms with van der Waals surface area (Å²) in [5, 5.41) is 3.16. The summed E-state index contributed by atoms with van der Waals surface area (Å²) in [6, 6.07) is 10.5. The Morgan fingerprint density at radius 3 is 3.04 bits per heavy atom. The van der Waals surface area contributed by atoms with E-state index < -0.39 is 0 Å². The van der Waals surface area contributed by atoms with Crippen molar-refractivity contribution in [2.24, 2.45) is 0 Å². The Morgan fingerprint density at radius 2 is 2.16 bits per heavy atom. The molecule has 1 aromatic carbocycles. The monoisotopic (exact) mass is 340 g/mol. The van der Waals surface area contributed by atoms with Crippen LogP contribution in [0, 0.1) is 0 Å². The smallest absolute Gasteiger partial charge is 0.250 e. The van der Waals surface area contributed by atoms with Crippen molar-refractivity contribution in [2.45, 2.75) is 38.1 Å². The maximum atomic E-state index is 12.6. The first-order valence-electron chi connectivity index (χ1n) is 8.96. The molecule has 2 aliphatic heterocycles. The number of carbonyl (C=O) groups is 1. The summed E-state index contributed by atoms with van der Waals surface area (Å²) in [6.45, 7) is 3.75. The van der Waals surface area contributed by atoms with Gasteiger partial charge in [-0.3, -0.25) is 9.69 Å². The summed E-state index contributed by atoms with van der Waals surface area (Å²) in [7, 11) is 0. The van der Waals surface area contributed by atoms with Gasteiger partial charge in [0.25, 0.3) is 5.91 Å². The molecule has 2 atom stereocenters. The number of aryl methyl sites for hydroxylation is 1. The molecule has 132 valence electrons. The average molecular weight is 340 g/mol. The molecule has 3 heterocycles. The van der Waals surface area contributed by atoms with Gasteiger partial charge in [-0.15, -0.1) is 0 Å². The predicted octanol–water partition coefficient (Wildman–Crippen LogP) is 1.22. The van der Waals surface area contributed by atoms with Gasteiger partial charge in [-0.2, -0.15) is 0 Å². The number of fused-ring (bicyclic) bond motifs is 1. The van der Waals surface area contributed by atoms with Gasteiger partial charge in [-0.25, -0.2) is 4.98 Å². The molecule has 1 N–H and O–H groups in total. The first-order chi connectivity index (χ1) is 12.3. The minimum atomic E-state index is -0.387. The summed E-state index contributed by atoms with van der Waals surface area (Å²) in [5.74, 6) is 1.11. The highest BCUT2D eigenvalue weighted by atomic mass is 16.5. The highest BCUT2D eigenvalue weighted by Crippen LogP contribution is 2.15. The van der Waals surface area contributed by atoms with Crippen LogP contribution in [0.2, 0.25) is 0 Å². The largest absolute Gasteiger partial charge is 0.366 e. The van der Waals surface area contributed by atoms with Crippen LogP contribution in [-0.2, 0) is 29.0 Å². The fourth-order valence-corrected chi connectivity index (χ4v) is 3.62. The number of morpholine rings is 1. The maximum absolute atomic E-state index is 12.6. The number of ether oxygens (including phenoxy) is 1. The third-order valence-corrected chi connectivity index (χ3v) is 4.97. The van der Waals surface area contributed by atoms with Crippen LogP contribution >= 0.6 is 0 Å². The first kappa shape index (κ1) is 16.3. The van der Waals surface area contributed by atoms with Crippen LogP contribution in [-0.4, -0.2) is 52.2 Å². The van der Waals surface area contributed by atoms with Crippen LogP contribution < -0.4 is 5.32 Å². The molecule has 0 aliphatic carbocycles. The lowest BCUT2D eigenvalue weighted by molar-refractivity contribution is -0.139. The zero-order valence-corrected chi connectivity index (χ0v) is 14.3. The average Bonchev–Trinajstić information content (AvgIpc) is 3.10. The molecule has 4 rings (SSSR count). The van der Waals surface area contributed by atoms with Crippen molar-refractivity contribution in [3.05, 3.63) is 54.1 Å². The van der Waals surface area contributed by atoms with Gasteiger partial charge in [0.15, 0.2) is 0 Å². The van der Waals surface area contributed by atoms with Crippen molar-refractivity contribution in [1.29, 1.82) is 0 Å². The number of imidazole rings is 1. The van der Waals surface area contributed by atoms with E-state index >= 15 is 0 Å². The summed E-state index contributed by atoms with van der Waals surface area (Å²) in [4.78, 5) is 19.2. The summed E-state index contributed by atoms with van der Waals surface area (Å²) < 4.78 is 7.85. The molecule has 1 aromatic heterocycles. The van der Waals surface area contributed by atoms with Gasteiger partial charge in [0, 0.05) is 51.0 Å². The van der Waals surface area contributed by atoms with Gasteiger partial charge < -0.3 is 14.6 Å². The van der Waals surface area contributed by atoms with E-state index in [1.54, 1.807) is 0 Å². The van der Waals surface area contributed by atoms with E-state index in [2.05, 4.69) is 31.9 Å². The number of aromatic nitrogens is 2. The van der Waals surface area contributed by atoms with Crippen molar-refractivity contribution in [2.75, 3.05) is 19.7 Å². The van der Waals surface area contributed by atoms with Crippen molar-refractivity contribution in [3.63, 3.8) is 0 Å². The van der Waals surface area contributed by atoms with Crippen LogP contribution in [0.3, 0.4) is 0 Å². The third-order valence-electron chi connectivity index (χ3n) is 4.97. The number of nitrogens with zero attached hydrogens (tertiary/aromatic N) is 3. The number of hydrogen-bond donors (Lipinski definition) is 1. The molecule has 25 heavy (non-hydrogen) atoms. The highest BCUT2D eigenvalue weighted by molar-refractivity contribution is 5.81. The molecule has 1 fully saturated rings. The second-order valence-corrected chi connectivity index (χ2v) is 6.82. The minimum absolute atomic E-state index is 0.00586. The number of amides is 1. The second-order valence-electron chi connectivity index (χ2n) is 6.82. The lowest BCUT2D eigenvalue weighted by Gasteiger charge is -2.33. The van der Waals surface area contributed by atoms with E-state index in [4.69, 9.17) is 4.74 Å². The summed E-state index contributed by atoms with van der Waals surface area (Å²) >= 11 is 0. The SMILES string of the molecule is O=C(N[C@H]1CCc2nccn2C1)[C@H]1CN(Cc2ccccc2)CCO1. The third kappa shape index (κ3) is 3.91. The molecular weight excluding hydrogens is 316 g/mol. The Balaban J connectivity index is 1.31. The van der Waals surface area contributed by atoms with Crippen LogP contribution in [0.5, 0.6) is 0 Å². The molecule has 1 saturated heterocycles. The maximum Gasteiger partial charge on any atom is 0.250 e. The molecule has 6 nitrogen and oxygen atoms in total. The van der Waals surface area contributed by atoms with Crippen molar-refractivity contribution >= 4 is 5.91 Å². The predicted molar refractivity (Wildman–Crippen MR) is 93.9 cm³/mol. The van der Waals surface area contributed by atoms with E-state index in [-0.39, 0.29) is 18.1 Å². The van der Waals surface area contributed by atoms with E-state index in [0.29, 0.717) is 13.2 Å². The Morgan fingerprint density at radius 1 is 1.28 bits per heavy atom. The van der Waals surface area contributed by atoms with E-state index in [0.717, 1.165) is 38.3 Å². The Hall–Kier alpha value is -2.18. The van der Waals surface area contributed by atoms with Crippen LogP contribution in [0.1, 0.15) is 17.8 Å². The summed E-state index contributed by atoms with van der Waals surface area (Å²) in [5.41, 5.74) is 1.27. The number of benzene rings is 1. The van der Waals surface area contributed by atoms with Crippen molar-refractivity contribution in [3.8, 4) is 0 Å². The van der Waals surface area contributed by atoms with Gasteiger partial charge in [0.2, 0.25) is 0 Å². The zero-order chi connectivity index (χ0) is 17.1. The standard InChI is InChI=1S/C19H24N4O2/c24-19(21-16-6-7-18-20-8-9-23(18)13-16)17-14-22(10-11-25-17)12-15-4-2-1-3-5-15/h1-5,8-9,16-17H,6-7,10-14H2,(H,21,24)/t16-,17+/m0/s1. The number of carbonyl (C=O) groups excluding carboxylic acids is 1. The molecular formula is C19H24N4O2. The van der Waals surface area contributed by atoms with Crippen molar-refractivity contribution < 1.29 is 9.53 Å². The van der Waals surface area contributed by atoms with Gasteiger partial charge in [-0.05, 0) is 12.0 Å². The van der Waals surface area contributed by atoms with Crippen LogP contribution in [0.15, 0.2) is 42.7 Å². The topological polar surface area (TPSA) is 59.4 Å². The Bertz CT molecular complexity index is 715. The molecule has 0 saturated carbocycles. The van der Waals surface area contributed by atoms with Gasteiger partial charge in [-0.1, -0.05) is 30.3 Å². The Labute approximate surface area is 147 Å². The van der Waals surface area contributed by atoms with Crippen LogP contribution in [0.4, 0.5) is 0 Å². The Kier molecular flexibility index (Phi) is 4.81. The molecule has 0 bridgehead atoms. The lowest BCUT2D eigenvalue weighted by atomic mass is 10.1. The number of rotatable bonds is 4. The molecule has 2 aromatic rings. The lowest BCUT2D eigenvalue weighted by Crippen LogP contribution is -2.52. The zero-order valence-electron chi connectivity index (χ0n) is 14.3. The highest BCUT2D eigenvalue weighted by Gasteiger charge is 2.29. The molecule has 0 unspecified atom stereocenters. The van der Waals surface area contributed by atoms with Gasteiger partial charge in [0.1, 0.15) is 11.9 Å². The molecule has 0 spiro atoms. The quantitative estimate of drug-likeness (QED) is 0.909. The molecule has 2 aliphatic rings. The normalized spacial score (nSPS) is 23.8. The minimum Gasteiger partial charge on any atom is -0.366 e. The molecule has 6 heteroatoms. The number of nitrogens with one attached hydrogen (secondary N) is 1.